The number of carboxylic acid groups (broad SMARTS) is 1. The summed E-state index contributed by atoms with van der Waals surface area (Å²) in [5.74, 6) is 0.732. The van der Waals surface area contributed by atoms with Crippen LogP contribution in [0.2, 0.25) is 0 Å². The normalized spacial score (nSPS) is 12.5. The van der Waals surface area contributed by atoms with Gasteiger partial charge in [0.1, 0.15) is 11.3 Å². The zero-order chi connectivity index (χ0) is 16.9. The van der Waals surface area contributed by atoms with Crippen LogP contribution in [0, 0.1) is 6.42 Å². The average molecular weight is 321 g/mol. The molecule has 0 bridgehead atoms. The number of hydrogen-bond acceptors (Lipinski definition) is 3. The highest BCUT2D eigenvalue weighted by molar-refractivity contribution is 5.76. The van der Waals surface area contributed by atoms with Crippen LogP contribution in [0.4, 0.5) is 4.79 Å². The van der Waals surface area contributed by atoms with Gasteiger partial charge in [-0.15, -0.1) is 0 Å². The van der Waals surface area contributed by atoms with Gasteiger partial charge in [0, 0.05) is 11.8 Å². The molecule has 0 saturated carbocycles. The van der Waals surface area contributed by atoms with E-state index in [0.717, 1.165) is 17.0 Å². The van der Waals surface area contributed by atoms with Gasteiger partial charge in [0.2, 0.25) is 0 Å². The topological polar surface area (TPSA) is 90.9 Å². The summed E-state index contributed by atoms with van der Waals surface area (Å²) >= 11 is 0. The van der Waals surface area contributed by atoms with Gasteiger partial charge in [-0.2, -0.15) is 0 Å². The minimum absolute atomic E-state index is 0.479. The largest absolute Gasteiger partial charge is 0.465 e. The molecular formula is C18H17N4O2. The van der Waals surface area contributed by atoms with E-state index in [1.54, 1.807) is 18.3 Å². The Labute approximate surface area is 139 Å². The first kappa shape index (κ1) is 15.7. The van der Waals surface area contributed by atoms with Crippen LogP contribution >= 0.6 is 0 Å². The molecule has 24 heavy (non-hydrogen) atoms. The summed E-state index contributed by atoms with van der Waals surface area (Å²) in [4.78, 5) is 23.1. The predicted molar refractivity (Wildman–Crippen MR) is 92.3 cm³/mol. The zero-order valence-electron chi connectivity index (χ0n) is 13.1. The summed E-state index contributed by atoms with van der Waals surface area (Å²) < 4.78 is 0. The molecule has 1 unspecified atom stereocenters. The summed E-state index contributed by atoms with van der Waals surface area (Å²) in [7, 11) is 0. The van der Waals surface area contributed by atoms with E-state index in [1.807, 2.05) is 49.7 Å². The molecule has 3 N–H and O–H groups in total. The van der Waals surface area contributed by atoms with Crippen molar-refractivity contribution in [2.24, 2.45) is 0 Å². The number of imidazole rings is 1. The van der Waals surface area contributed by atoms with Crippen LogP contribution in [0.15, 0.2) is 54.7 Å². The van der Waals surface area contributed by atoms with Gasteiger partial charge in [0.15, 0.2) is 5.65 Å². The Bertz CT molecular complexity index is 871. The van der Waals surface area contributed by atoms with Crippen LogP contribution in [-0.4, -0.2) is 26.2 Å². The second kappa shape index (κ2) is 6.95. The van der Waals surface area contributed by atoms with Crippen LogP contribution in [0.5, 0.6) is 0 Å². The molecule has 2 aromatic heterocycles. The highest BCUT2D eigenvalue weighted by Crippen LogP contribution is 2.22. The molecule has 6 nitrogen and oxygen atoms in total. The average Bonchev–Trinajstić information content (AvgIpc) is 3.02. The smallest absolute Gasteiger partial charge is 0.405 e. The van der Waals surface area contributed by atoms with E-state index in [0.29, 0.717) is 11.2 Å². The quantitative estimate of drug-likeness (QED) is 0.668. The van der Waals surface area contributed by atoms with Crippen molar-refractivity contribution in [3.05, 3.63) is 66.7 Å². The van der Waals surface area contributed by atoms with Crippen molar-refractivity contribution < 1.29 is 9.90 Å². The van der Waals surface area contributed by atoms with Gasteiger partial charge in [-0.3, -0.25) is 0 Å². The molecule has 0 spiro atoms. The standard InChI is InChI=1S/C18H17N4O2/c1-2-3-9-14(21-18(23)24)13-10-15-17(19-11-13)22-16(20-15)12-7-5-4-6-8-12/h2-11,14,21H,1H3,(H,23,24)(H,19,20,22)/b9-3+. The van der Waals surface area contributed by atoms with Crippen molar-refractivity contribution in [1.82, 2.24) is 20.3 Å². The van der Waals surface area contributed by atoms with Crippen LogP contribution in [0.25, 0.3) is 22.6 Å². The molecule has 1 amide bonds. The van der Waals surface area contributed by atoms with E-state index in [4.69, 9.17) is 5.11 Å². The molecule has 1 radical (unpaired) electrons. The summed E-state index contributed by atoms with van der Waals surface area (Å²) in [6, 6.07) is 11.1. The maximum absolute atomic E-state index is 11.0. The molecule has 0 fully saturated rings. The van der Waals surface area contributed by atoms with Crippen LogP contribution in [0.3, 0.4) is 0 Å². The lowest BCUT2D eigenvalue weighted by Gasteiger charge is -2.12. The van der Waals surface area contributed by atoms with E-state index in [9.17, 15) is 4.79 Å². The van der Waals surface area contributed by atoms with E-state index < -0.39 is 12.1 Å². The number of hydrogen-bond donors (Lipinski definition) is 3. The van der Waals surface area contributed by atoms with E-state index in [-0.39, 0.29) is 0 Å². The number of carbonyl (C=O) groups is 1. The minimum atomic E-state index is -1.09. The number of pyridine rings is 1. The number of fused-ring (bicyclic) bond motifs is 1. The van der Waals surface area contributed by atoms with Crippen LogP contribution < -0.4 is 5.32 Å². The van der Waals surface area contributed by atoms with E-state index in [2.05, 4.69) is 20.3 Å². The molecule has 3 rings (SSSR count). The highest BCUT2D eigenvalue weighted by atomic mass is 16.4. The first-order chi connectivity index (χ1) is 11.7. The Morgan fingerprint density at radius 1 is 1.33 bits per heavy atom. The Kier molecular flexibility index (Phi) is 4.56. The Hall–Kier alpha value is -3.15. The summed E-state index contributed by atoms with van der Waals surface area (Å²) in [5, 5.41) is 11.5. The number of H-pyrrole nitrogens is 1. The lowest BCUT2D eigenvalue weighted by molar-refractivity contribution is 0.192. The third-order valence-corrected chi connectivity index (χ3v) is 3.54. The summed E-state index contributed by atoms with van der Waals surface area (Å²) in [6.07, 6.45) is 5.96. The fraction of sp³-hybridized carbons (Fsp3) is 0.111. The fourth-order valence-electron chi connectivity index (χ4n) is 2.41. The molecule has 0 aliphatic heterocycles. The molecular weight excluding hydrogens is 304 g/mol. The third kappa shape index (κ3) is 3.43. The lowest BCUT2D eigenvalue weighted by atomic mass is 10.1. The monoisotopic (exact) mass is 321 g/mol. The van der Waals surface area contributed by atoms with E-state index in [1.165, 1.54) is 0 Å². The molecule has 0 aliphatic rings. The maximum Gasteiger partial charge on any atom is 0.405 e. The van der Waals surface area contributed by atoms with Crippen LogP contribution in [-0.2, 0) is 0 Å². The van der Waals surface area contributed by atoms with Gasteiger partial charge >= 0.3 is 6.09 Å². The van der Waals surface area contributed by atoms with Crippen molar-refractivity contribution in [3.8, 4) is 11.4 Å². The number of amides is 1. The fourth-order valence-corrected chi connectivity index (χ4v) is 2.41. The molecule has 6 heteroatoms. The molecule has 3 aromatic rings. The van der Waals surface area contributed by atoms with Crippen molar-refractivity contribution in [2.75, 3.05) is 0 Å². The number of benzene rings is 1. The number of rotatable bonds is 5. The maximum atomic E-state index is 11.0. The van der Waals surface area contributed by atoms with Gasteiger partial charge in [-0.05, 0) is 18.1 Å². The molecule has 0 saturated heterocycles. The lowest BCUT2D eigenvalue weighted by Crippen LogP contribution is -2.25. The molecule has 2 heterocycles. The number of aromatic amines is 1. The minimum Gasteiger partial charge on any atom is -0.465 e. The van der Waals surface area contributed by atoms with Gasteiger partial charge in [-0.25, -0.2) is 14.8 Å². The Morgan fingerprint density at radius 3 is 2.83 bits per heavy atom. The Morgan fingerprint density at radius 2 is 2.12 bits per heavy atom. The van der Waals surface area contributed by atoms with Gasteiger partial charge in [-0.1, -0.05) is 49.4 Å². The predicted octanol–water partition coefficient (Wildman–Crippen LogP) is 3.71. The van der Waals surface area contributed by atoms with Crippen molar-refractivity contribution >= 4 is 17.3 Å². The van der Waals surface area contributed by atoms with Crippen molar-refractivity contribution in [2.45, 2.75) is 13.0 Å². The van der Waals surface area contributed by atoms with Crippen LogP contribution in [0.1, 0.15) is 18.5 Å². The number of nitrogens with zero attached hydrogens (tertiary/aromatic N) is 2. The molecule has 121 valence electrons. The summed E-state index contributed by atoms with van der Waals surface area (Å²) in [5.41, 5.74) is 3.06. The molecule has 1 atom stereocenters. The first-order valence-electron chi connectivity index (χ1n) is 7.54. The zero-order valence-corrected chi connectivity index (χ0v) is 13.1. The van der Waals surface area contributed by atoms with Gasteiger partial charge < -0.3 is 15.4 Å². The highest BCUT2D eigenvalue weighted by Gasteiger charge is 2.14. The molecule has 1 aromatic carbocycles. The van der Waals surface area contributed by atoms with Gasteiger partial charge in [0.05, 0.1) is 6.04 Å². The van der Waals surface area contributed by atoms with Crippen molar-refractivity contribution in [1.29, 1.82) is 0 Å². The number of aromatic nitrogens is 3. The number of nitrogens with one attached hydrogen (secondary N) is 2. The van der Waals surface area contributed by atoms with Crippen molar-refractivity contribution in [3.63, 3.8) is 0 Å². The summed E-state index contributed by atoms with van der Waals surface area (Å²) in [6.45, 7) is 1.87. The second-order valence-electron chi connectivity index (χ2n) is 5.23. The molecule has 0 aliphatic carbocycles. The van der Waals surface area contributed by atoms with E-state index >= 15 is 0 Å². The number of allylic oxidation sites excluding steroid dienone is 1. The second-order valence-corrected chi connectivity index (χ2v) is 5.23. The Balaban J connectivity index is 1.97. The SMILES string of the molecule is C[CH]/C=C/C(NC(=O)O)c1cnc2[nH]c(-c3ccccc3)nc2c1. The van der Waals surface area contributed by atoms with Gasteiger partial charge in [0.25, 0.3) is 0 Å². The third-order valence-electron chi connectivity index (χ3n) is 3.54. The first-order valence-corrected chi connectivity index (χ1v) is 7.54.